The Labute approximate surface area is 415 Å². The molecule has 1 atom stereocenters. The molecule has 380 valence electrons. The predicted molar refractivity (Wildman–Crippen MR) is 262 cm³/mol. The summed E-state index contributed by atoms with van der Waals surface area (Å²) in [5.41, 5.74) is 2.60. The Morgan fingerprint density at radius 1 is 0.863 bits per heavy atom. The number of piperidine rings is 1. The van der Waals surface area contributed by atoms with Crippen LogP contribution in [0.5, 0.6) is 5.75 Å². The van der Waals surface area contributed by atoms with E-state index in [1.165, 1.54) is 47.4 Å². The highest BCUT2D eigenvalue weighted by molar-refractivity contribution is 7.89. The molecule has 7 N–H and O–H groups in total. The molecular weight excluding hydrogens is 976 g/mol. The number of benzene rings is 4. The van der Waals surface area contributed by atoms with Gasteiger partial charge in [0, 0.05) is 66.8 Å². The van der Waals surface area contributed by atoms with E-state index in [9.17, 15) is 45.6 Å². The number of ether oxygens (including phenoxy) is 1. The quantitative estimate of drug-likeness (QED) is 0.0323. The third kappa shape index (κ3) is 12.7. The molecule has 1 saturated heterocycles. The monoisotopic (exact) mass is 1020 g/mol. The number of aryl methyl sites for hydroxylation is 1. The number of unbranched alkanes of at least 4 members (excludes halogenated alkanes) is 5. The molecule has 6 amide bonds. The Hall–Kier alpha value is -8.45. The summed E-state index contributed by atoms with van der Waals surface area (Å²) in [5, 5.41) is 27.2. The van der Waals surface area contributed by atoms with Crippen LogP contribution in [0.25, 0.3) is 11.3 Å². The number of primary sulfonamides is 1. The number of nitrogens with one attached hydrogen (secondary N) is 5. The van der Waals surface area contributed by atoms with E-state index < -0.39 is 57.8 Å². The van der Waals surface area contributed by atoms with Crippen molar-refractivity contribution in [2.24, 2.45) is 5.14 Å². The maximum Gasteiger partial charge on any atom is 0.573 e. The number of aromatic nitrogens is 5. The summed E-state index contributed by atoms with van der Waals surface area (Å²) in [6, 6.07) is 21.1. The van der Waals surface area contributed by atoms with Gasteiger partial charge in [-0.3, -0.25) is 34.1 Å². The van der Waals surface area contributed by atoms with Gasteiger partial charge in [-0.25, -0.2) is 23.3 Å². The Morgan fingerprint density at radius 3 is 2.34 bits per heavy atom. The Morgan fingerprint density at radius 2 is 1.59 bits per heavy atom. The number of sulfonamides is 1. The van der Waals surface area contributed by atoms with Gasteiger partial charge < -0.3 is 30.9 Å². The average molecular weight is 1020 g/mol. The number of amides is 6. The average Bonchev–Trinajstić information content (AvgIpc) is 3.92. The molecule has 0 bridgehead atoms. The lowest BCUT2D eigenvalue weighted by Crippen LogP contribution is -2.54. The maximum atomic E-state index is 13.5. The molecule has 2 aromatic heterocycles. The third-order valence-corrected chi connectivity index (χ3v) is 12.7. The van der Waals surface area contributed by atoms with E-state index in [4.69, 9.17) is 5.14 Å². The third-order valence-electron chi connectivity index (χ3n) is 11.8. The van der Waals surface area contributed by atoms with Gasteiger partial charge in [-0.15, -0.1) is 18.3 Å². The fraction of sp³-hybridized carbons (Fsp3) is 0.271. The topological polar surface area (TPSA) is 278 Å². The molecule has 0 aliphatic carbocycles. The number of hydrogen-bond donors (Lipinski definition) is 6. The zero-order valence-corrected chi connectivity index (χ0v) is 39.8. The smallest absolute Gasteiger partial charge is 0.405 e. The minimum absolute atomic E-state index is 0.0338. The van der Waals surface area contributed by atoms with Crippen LogP contribution in [0.1, 0.15) is 72.1 Å². The van der Waals surface area contributed by atoms with Crippen LogP contribution >= 0.6 is 0 Å². The van der Waals surface area contributed by atoms with Gasteiger partial charge in [-0.1, -0.05) is 43.0 Å². The van der Waals surface area contributed by atoms with Crippen LogP contribution in [-0.4, -0.2) is 93.9 Å². The SMILES string of the molecule is CN(c1ccc(NC(=O)Nc2ccc(OC(F)(F)F)c(-c3cn(CCCCCCCCNc4cccc5c4C(=O)N(C4CCC(=O)NC4=O)C5=O)nn3)c2)cc1)c1ccnc(Nc2cccc(S(N)(=O)=O)c2)n1. The van der Waals surface area contributed by atoms with Gasteiger partial charge in [-0.05, 0) is 98.1 Å². The Bertz CT molecular complexity index is 3170. The molecule has 4 heterocycles. The van der Waals surface area contributed by atoms with Crippen molar-refractivity contribution in [1.29, 1.82) is 0 Å². The highest BCUT2D eigenvalue weighted by Gasteiger charge is 2.45. The lowest BCUT2D eigenvalue weighted by Gasteiger charge is -2.27. The van der Waals surface area contributed by atoms with Crippen LogP contribution in [0.2, 0.25) is 0 Å². The van der Waals surface area contributed by atoms with Gasteiger partial charge in [0.05, 0.1) is 22.2 Å². The number of carbonyl (C=O) groups excluding carboxylic acids is 5. The lowest BCUT2D eigenvalue weighted by atomic mass is 10.0. The minimum Gasteiger partial charge on any atom is -0.405 e. The summed E-state index contributed by atoms with van der Waals surface area (Å²) >= 11 is 0. The summed E-state index contributed by atoms with van der Waals surface area (Å²) < 4.78 is 69.8. The van der Waals surface area contributed by atoms with Crippen molar-refractivity contribution in [3.63, 3.8) is 0 Å². The normalized spacial score (nSPS) is 14.6. The zero-order valence-electron chi connectivity index (χ0n) is 39.0. The second kappa shape index (κ2) is 21.9. The van der Waals surface area contributed by atoms with Crippen LogP contribution in [0.3, 0.4) is 0 Å². The Kier molecular flexibility index (Phi) is 15.3. The van der Waals surface area contributed by atoms with Crippen molar-refractivity contribution in [2.45, 2.75) is 75.2 Å². The predicted octanol–water partition coefficient (Wildman–Crippen LogP) is 7.29. The number of urea groups is 1. The summed E-state index contributed by atoms with van der Waals surface area (Å²) in [6.45, 7) is 0.979. The van der Waals surface area contributed by atoms with Crippen molar-refractivity contribution < 1.29 is 50.3 Å². The number of imide groups is 2. The van der Waals surface area contributed by atoms with E-state index in [1.807, 2.05) is 0 Å². The number of anilines is 7. The molecule has 0 saturated carbocycles. The van der Waals surface area contributed by atoms with Crippen molar-refractivity contribution in [3.05, 3.63) is 115 Å². The molecule has 1 fully saturated rings. The van der Waals surface area contributed by atoms with Crippen molar-refractivity contribution in [2.75, 3.05) is 39.8 Å². The minimum atomic E-state index is -5.01. The van der Waals surface area contributed by atoms with E-state index >= 15 is 0 Å². The summed E-state index contributed by atoms with van der Waals surface area (Å²) in [7, 11) is -2.16. The van der Waals surface area contributed by atoms with Crippen LogP contribution in [-0.2, 0) is 26.2 Å². The number of rotatable bonds is 20. The number of alkyl halides is 3. The number of hydrogen-bond acceptors (Lipinski definition) is 15. The Balaban J connectivity index is 0.792. The first-order valence-electron chi connectivity index (χ1n) is 22.9. The molecular formula is C48H48F3N13O8S. The summed E-state index contributed by atoms with van der Waals surface area (Å²) in [4.78, 5) is 74.9. The molecule has 2 aliphatic heterocycles. The number of nitrogens with zero attached hydrogens (tertiary/aromatic N) is 7. The van der Waals surface area contributed by atoms with Gasteiger partial charge in [0.2, 0.25) is 27.8 Å². The fourth-order valence-electron chi connectivity index (χ4n) is 8.21. The molecule has 25 heteroatoms. The highest BCUT2D eigenvalue weighted by Crippen LogP contribution is 2.36. The van der Waals surface area contributed by atoms with Gasteiger partial charge in [0.15, 0.2) is 0 Å². The van der Waals surface area contributed by atoms with Gasteiger partial charge in [0.1, 0.15) is 23.3 Å². The summed E-state index contributed by atoms with van der Waals surface area (Å²) in [6.07, 6.45) is 3.12. The number of fused-ring (bicyclic) bond motifs is 1. The highest BCUT2D eigenvalue weighted by atomic mass is 32.2. The van der Waals surface area contributed by atoms with E-state index in [1.54, 1.807) is 66.5 Å². The summed E-state index contributed by atoms with van der Waals surface area (Å²) in [5.74, 6) is -2.11. The molecule has 1 unspecified atom stereocenters. The first-order valence-corrected chi connectivity index (χ1v) is 24.5. The first-order chi connectivity index (χ1) is 34.9. The second-order valence-electron chi connectivity index (χ2n) is 17.0. The van der Waals surface area contributed by atoms with Gasteiger partial charge in [0.25, 0.3) is 11.8 Å². The molecule has 0 radical (unpaired) electrons. The van der Waals surface area contributed by atoms with Crippen LogP contribution in [0.4, 0.5) is 58.2 Å². The van der Waals surface area contributed by atoms with E-state index in [2.05, 4.69) is 51.6 Å². The number of halogens is 3. The lowest BCUT2D eigenvalue weighted by molar-refractivity contribution is -0.274. The van der Waals surface area contributed by atoms with Crippen molar-refractivity contribution in [1.82, 2.24) is 35.2 Å². The number of carbonyl (C=O) groups is 5. The number of nitrogens with two attached hydrogens (primary N) is 1. The van der Waals surface area contributed by atoms with Gasteiger partial charge >= 0.3 is 12.4 Å². The van der Waals surface area contributed by atoms with Crippen molar-refractivity contribution >= 4 is 79.9 Å². The van der Waals surface area contributed by atoms with Crippen LogP contribution in [0, 0.1) is 0 Å². The van der Waals surface area contributed by atoms with Crippen LogP contribution < -0.4 is 41.4 Å². The van der Waals surface area contributed by atoms with E-state index in [0.29, 0.717) is 48.1 Å². The molecule has 73 heavy (non-hydrogen) atoms. The maximum absolute atomic E-state index is 13.5. The zero-order chi connectivity index (χ0) is 51.9. The largest absolute Gasteiger partial charge is 0.573 e. The molecule has 4 aromatic carbocycles. The van der Waals surface area contributed by atoms with E-state index in [0.717, 1.165) is 43.1 Å². The fourth-order valence-corrected chi connectivity index (χ4v) is 8.77. The molecule has 21 nitrogen and oxygen atoms in total. The van der Waals surface area contributed by atoms with Crippen LogP contribution in [0.15, 0.2) is 108 Å². The molecule has 0 spiro atoms. The molecule has 2 aliphatic rings. The van der Waals surface area contributed by atoms with E-state index in [-0.39, 0.29) is 51.8 Å². The van der Waals surface area contributed by atoms with Gasteiger partial charge in [-0.2, -0.15) is 4.98 Å². The standard InChI is InChI=1S/C48H48F3N13O8S/c1-62(40-22-24-54-46(58-40)55-30-10-8-11-33(26-30)73(52,70)71)32-17-14-29(15-18-32)56-47(69)57-31-16-20-39(72-48(49,50)51)35(27-31)37-28-63(61-60-37)25-7-5-3-2-4-6-23-53-36-13-9-12-34-42(36)45(68)64(44(34)67)38-19-21-41(65)59-43(38)66/h8-18,20,22,24,26-28,38,53H,2-7,19,21,23,25H2,1H3,(H2,52,70,71)(H,54,55,58)(H2,56,57,69)(H,59,65,66). The van der Waals surface area contributed by atoms with Crippen molar-refractivity contribution in [3.8, 4) is 17.0 Å². The molecule has 6 aromatic rings. The first kappa shape index (κ1) is 50.9. The molecule has 8 rings (SSSR count). The second-order valence-corrected chi connectivity index (χ2v) is 18.5.